The SMILES string of the molecule is O=c1cc(-c2ccc(O)cc2)oc2c([C@@H]3OC[C@@H](O)[C@@H](O)[C@H]3O)c(O)c([C@H]3O[C@@H](CO)[C@@H](O)[C@@H](O)[C@H]3O)c(O)c12. The first-order chi connectivity index (χ1) is 19.0. The van der Waals surface area contributed by atoms with Crippen molar-refractivity contribution in [2.75, 3.05) is 13.2 Å². The zero-order chi connectivity index (χ0) is 29.0. The second-order valence-corrected chi connectivity index (χ2v) is 9.80. The first-order valence-electron chi connectivity index (χ1n) is 12.3. The molecule has 9 atom stereocenters. The minimum Gasteiger partial charge on any atom is -0.508 e. The molecule has 2 saturated heterocycles. The lowest BCUT2D eigenvalue weighted by Gasteiger charge is -2.41. The van der Waals surface area contributed by atoms with Gasteiger partial charge in [-0.2, -0.15) is 0 Å². The average molecular weight is 564 g/mol. The number of phenols is 3. The Labute approximate surface area is 224 Å². The molecule has 0 unspecified atom stereocenters. The lowest BCUT2D eigenvalue weighted by molar-refractivity contribution is -0.232. The summed E-state index contributed by atoms with van der Waals surface area (Å²) in [5, 5.41) is 104. The minimum atomic E-state index is -1.98. The van der Waals surface area contributed by atoms with E-state index >= 15 is 0 Å². The summed E-state index contributed by atoms with van der Waals surface area (Å²) >= 11 is 0. The van der Waals surface area contributed by atoms with Gasteiger partial charge in [0.25, 0.3) is 0 Å². The molecule has 10 N–H and O–H groups in total. The van der Waals surface area contributed by atoms with Crippen molar-refractivity contribution in [2.45, 2.75) is 54.9 Å². The van der Waals surface area contributed by atoms with Gasteiger partial charge in [-0.05, 0) is 24.3 Å². The van der Waals surface area contributed by atoms with E-state index < -0.39 is 107 Å². The number of rotatable bonds is 4. The molecule has 1 aromatic heterocycles. The molecule has 3 aromatic rings. The van der Waals surface area contributed by atoms with Gasteiger partial charge in [-0.3, -0.25) is 4.79 Å². The van der Waals surface area contributed by atoms with Gasteiger partial charge in [-0.1, -0.05) is 0 Å². The lowest BCUT2D eigenvalue weighted by atomic mass is 9.85. The van der Waals surface area contributed by atoms with E-state index in [1.165, 1.54) is 24.3 Å². The molecule has 2 fully saturated rings. The average Bonchev–Trinajstić information content (AvgIpc) is 2.92. The molecule has 0 saturated carbocycles. The standard InChI is InChI=1S/C26H28O14/c27-6-13-18(32)21(35)23(37)26(40-13)15-19(33)14-10(29)5-12(8-1-3-9(28)4-2-8)39-24(14)16(20(15)34)25-22(36)17(31)11(30)7-38-25/h1-5,11,13,17-18,21-23,25-28,30-37H,6-7H2/t11-,13+,17-,18-,21-,22-,23-,25+,26-/m1/s1. The minimum absolute atomic E-state index is 0.0710. The van der Waals surface area contributed by atoms with E-state index in [9.17, 15) is 55.9 Å². The van der Waals surface area contributed by atoms with E-state index in [4.69, 9.17) is 13.9 Å². The van der Waals surface area contributed by atoms with Crippen molar-refractivity contribution in [3.05, 3.63) is 51.7 Å². The predicted octanol–water partition coefficient (Wildman–Crippen LogP) is -1.75. The Morgan fingerprint density at radius 1 is 0.775 bits per heavy atom. The smallest absolute Gasteiger partial charge is 0.197 e. The van der Waals surface area contributed by atoms with Crippen LogP contribution in [0.5, 0.6) is 17.2 Å². The van der Waals surface area contributed by atoms with Crippen molar-refractivity contribution < 1.29 is 65.0 Å². The zero-order valence-corrected chi connectivity index (χ0v) is 20.6. The number of aliphatic hydroxyl groups is 7. The highest BCUT2D eigenvalue weighted by atomic mass is 16.5. The molecule has 2 aliphatic rings. The monoisotopic (exact) mass is 564 g/mol. The van der Waals surface area contributed by atoms with Gasteiger partial charge in [-0.15, -0.1) is 0 Å². The molecule has 14 nitrogen and oxygen atoms in total. The molecular weight excluding hydrogens is 536 g/mol. The van der Waals surface area contributed by atoms with Gasteiger partial charge in [0.05, 0.1) is 24.3 Å². The molecule has 3 heterocycles. The van der Waals surface area contributed by atoms with E-state index in [0.717, 1.165) is 6.07 Å². The maximum atomic E-state index is 13.4. The number of phenolic OH excluding ortho intramolecular Hbond substituents is 3. The molecule has 0 amide bonds. The fourth-order valence-corrected chi connectivity index (χ4v) is 5.11. The quantitative estimate of drug-likeness (QED) is 0.169. The number of fused-ring (bicyclic) bond motifs is 1. The number of ether oxygens (including phenoxy) is 2. The van der Waals surface area contributed by atoms with Crippen LogP contribution < -0.4 is 5.43 Å². The first-order valence-corrected chi connectivity index (χ1v) is 12.3. The Bertz CT molecular complexity index is 1450. The predicted molar refractivity (Wildman–Crippen MR) is 132 cm³/mol. The summed E-state index contributed by atoms with van der Waals surface area (Å²) < 4.78 is 16.9. The Kier molecular flexibility index (Phi) is 7.47. The molecule has 40 heavy (non-hydrogen) atoms. The highest BCUT2D eigenvalue weighted by molar-refractivity contribution is 5.92. The highest BCUT2D eigenvalue weighted by Gasteiger charge is 2.48. The maximum absolute atomic E-state index is 13.4. The van der Waals surface area contributed by atoms with Crippen LogP contribution in [0.25, 0.3) is 22.3 Å². The van der Waals surface area contributed by atoms with Crippen molar-refractivity contribution in [2.24, 2.45) is 0 Å². The Morgan fingerprint density at radius 3 is 2.08 bits per heavy atom. The zero-order valence-electron chi connectivity index (χ0n) is 20.6. The first kappa shape index (κ1) is 28.2. The maximum Gasteiger partial charge on any atom is 0.197 e. The van der Waals surface area contributed by atoms with Gasteiger partial charge in [0.1, 0.15) is 83.3 Å². The van der Waals surface area contributed by atoms with Gasteiger partial charge >= 0.3 is 0 Å². The molecule has 0 radical (unpaired) electrons. The van der Waals surface area contributed by atoms with E-state index in [0.29, 0.717) is 5.56 Å². The molecule has 14 heteroatoms. The number of aromatic hydroxyl groups is 3. The van der Waals surface area contributed by atoms with Crippen LogP contribution in [0.3, 0.4) is 0 Å². The molecule has 2 aliphatic heterocycles. The molecule has 0 bridgehead atoms. The van der Waals surface area contributed by atoms with Crippen LogP contribution in [0, 0.1) is 0 Å². The van der Waals surface area contributed by atoms with Crippen molar-refractivity contribution in [3.63, 3.8) is 0 Å². The van der Waals surface area contributed by atoms with Gasteiger partial charge in [0.2, 0.25) is 0 Å². The molecule has 0 spiro atoms. The van der Waals surface area contributed by atoms with Gasteiger partial charge in [-0.25, -0.2) is 0 Å². The topological polar surface area (TPSA) is 251 Å². The van der Waals surface area contributed by atoms with Crippen LogP contribution >= 0.6 is 0 Å². The molecular formula is C26H28O14. The van der Waals surface area contributed by atoms with E-state index in [2.05, 4.69) is 0 Å². The third-order valence-corrected chi connectivity index (χ3v) is 7.31. The summed E-state index contributed by atoms with van der Waals surface area (Å²) in [6, 6.07) is 6.50. The van der Waals surface area contributed by atoms with Gasteiger partial charge < -0.3 is 65.0 Å². The van der Waals surface area contributed by atoms with Crippen molar-refractivity contribution in [1.29, 1.82) is 0 Å². The van der Waals surface area contributed by atoms with Crippen LogP contribution in [0.1, 0.15) is 23.3 Å². The van der Waals surface area contributed by atoms with Crippen LogP contribution in [0.15, 0.2) is 39.5 Å². The van der Waals surface area contributed by atoms with Crippen LogP contribution in [-0.4, -0.2) is 107 Å². The van der Waals surface area contributed by atoms with Crippen LogP contribution in [0.2, 0.25) is 0 Å². The van der Waals surface area contributed by atoms with Crippen molar-refractivity contribution in [3.8, 4) is 28.6 Å². The largest absolute Gasteiger partial charge is 0.508 e. The number of hydrogen-bond acceptors (Lipinski definition) is 14. The van der Waals surface area contributed by atoms with Crippen molar-refractivity contribution >= 4 is 11.0 Å². The Morgan fingerprint density at radius 2 is 1.43 bits per heavy atom. The summed E-state index contributed by atoms with van der Waals surface area (Å²) in [7, 11) is 0. The Balaban J connectivity index is 1.80. The second kappa shape index (κ2) is 10.6. The van der Waals surface area contributed by atoms with E-state index in [1.807, 2.05) is 0 Å². The summed E-state index contributed by atoms with van der Waals surface area (Å²) in [5.74, 6) is -2.01. The summed E-state index contributed by atoms with van der Waals surface area (Å²) in [6.45, 7) is -1.34. The summed E-state index contributed by atoms with van der Waals surface area (Å²) in [5.41, 5.74) is -2.15. The fourth-order valence-electron chi connectivity index (χ4n) is 5.11. The van der Waals surface area contributed by atoms with Gasteiger partial charge in [0.15, 0.2) is 11.0 Å². The van der Waals surface area contributed by atoms with Crippen LogP contribution in [0.4, 0.5) is 0 Å². The third kappa shape index (κ3) is 4.49. The molecule has 2 aromatic carbocycles. The third-order valence-electron chi connectivity index (χ3n) is 7.31. The van der Waals surface area contributed by atoms with Crippen molar-refractivity contribution in [1.82, 2.24) is 0 Å². The highest BCUT2D eigenvalue weighted by Crippen LogP contribution is 2.50. The number of benzene rings is 2. The van der Waals surface area contributed by atoms with Crippen LogP contribution in [-0.2, 0) is 9.47 Å². The lowest BCUT2D eigenvalue weighted by Crippen LogP contribution is -2.55. The van der Waals surface area contributed by atoms with E-state index in [-0.39, 0.29) is 11.5 Å². The normalized spacial score (nSPS) is 32.8. The summed E-state index contributed by atoms with van der Waals surface area (Å²) in [4.78, 5) is 13.4. The summed E-state index contributed by atoms with van der Waals surface area (Å²) in [6.07, 6.45) is -15.7. The molecule has 216 valence electrons. The Hall–Kier alpha value is -3.31. The van der Waals surface area contributed by atoms with E-state index in [1.54, 1.807) is 0 Å². The van der Waals surface area contributed by atoms with Gasteiger partial charge in [0, 0.05) is 11.6 Å². The number of aliphatic hydroxyl groups excluding tert-OH is 7. The number of hydrogen-bond donors (Lipinski definition) is 10. The fraction of sp³-hybridized carbons (Fsp3) is 0.423. The second-order valence-electron chi connectivity index (χ2n) is 9.80. The molecule has 5 rings (SSSR count). The molecule has 0 aliphatic carbocycles.